The van der Waals surface area contributed by atoms with E-state index in [0.717, 1.165) is 0 Å². The van der Waals surface area contributed by atoms with Crippen molar-refractivity contribution in [1.29, 1.82) is 0 Å². The summed E-state index contributed by atoms with van der Waals surface area (Å²) < 4.78 is 44.1. The maximum Gasteiger partial charge on any atom is 0.471 e. The fourth-order valence-corrected chi connectivity index (χ4v) is 2.60. The van der Waals surface area contributed by atoms with E-state index in [0.29, 0.717) is 21.8 Å². The smallest absolute Gasteiger partial charge is 0.471 e. The first-order chi connectivity index (χ1) is 11.0. The fraction of sp³-hybridized carbons (Fsp3) is 0.500. The summed E-state index contributed by atoms with van der Waals surface area (Å²) in [6.45, 7) is 5.31. The molecule has 1 aromatic rings. The quantitative estimate of drug-likeness (QED) is 0.613. The molecule has 2 rings (SSSR count). The number of carbonyl (C=O) groups excluding carboxylic acids is 2. The summed E-state index contributed by atoms with van der Waals surface area (Å²) in [5.41, 5.74) is 0.476. The van der Waals surface area contributed by atoms with E-state index < -0.39 is 23.9 Å². The van der Waals surface area contributed by atoms with E-state index in [1.807, 2.05) is 20.8 Å². The zero-order chi connectivity index (χ0) is 18.1. The molecule has 130 valence electrons. The van der Waals surface area contributed by atoms with E-state index in [-0.39, 0.29) is 13.0 Å². The predicted octanol–water partition coefficient (Wildman–Crippen LogP) is 3.15. The number of hydrogen-bond donors (Lipinski definition) is 0. The molecule has 0 saturated carbocycles. The summed E-state index contributed by atoms with van der Waals surface area (Å²) in [7, 11) is 0. The van der Waals surface area contributed by atoms with Crippen molar-refractivity contribution in [3.63, 3.8) is 0 Å². The SMILES string of the molecule is CC(C)(C)Oc1cccc2c1CCN(C(=O)C(F)(F)F)C2N=C=O. The summed E-state index contributed by atoms with van der Waals surface area (Å²) in [5, 5.41) is 0. The Labute approximate surface area is 137 Å². The summed E-state index contributed by atoms with van der Waals surface area (Å²) in [5.74, 6) is -1.52. The zero-order valence-corrected chi connectivity index (χ0v) is 13.5. The Hall–Kier alpha value is -2.34. The number of rotatable bonds is 2. The van der Waals surface area contributed by atoms with Crippen LogP contribution in [0.4, 0.5) is 13.2 Å². The first-order valence-electron chi connectivity index (χ1n) is 7.30. The number of ether oxygens (including phenoxy) is 1. The standard InChI is InChI=1S/C16H17F3N2O3/c1-15(2,3)24-12-6-4-5-11-10(12)7-8-21(13(11)20-9-22)14(23)16(17,18)19/h4-6,13H,7-8H2,1-3H3. The third kappa shape index (κ3) is 3.76. The van der Waals surface area contributed by atoms with Crippen LogP contribution in [0.1, 0.15) is 38.1 Å². The fourth-order valence-electron chi connectivity index (χ4n) is 2.60. The molecule has 1 aliphatic heterocycles. The second-order valence-electron chi connectivity index (χ2n) is 6.38. The lowest BCUT2D eigenvalue weighted by Gasteiger charge is -2.35. The molecule has 0 bridgehead atoms. The highest BCUT2D eigenvalue weighted by molar-refractivity contribution is 5.82. The highest BCUT2D eigenvalue weighted by Crippen LogP contribution is 2.38. The second-order valence-corrected chi connectivity index (χ2v) is 6.38. The van der Waals surface area contributed by atoms with Crippen molar-refractivity contribution in [2.75, 3.05) is 6.54 Å². The molecule has 8 heteroatoms. The molecule has 0 radical (unpaired) electrons. The predicted molar refractivity (Wildman–Crippen MR) is 79.2 cm³/mol. The molecule has 1 amide bonds. The van der Waals surface area contributed by atoms with Crippen LogP contribution >= 0.6 is 0 Å². The van der Waals surface area contributed by atoms with Gasteiger partial charge in [0.15, 0.2) is 6.17 Å². The van der Waals surface area contributed by atoms with Crippen LogP contribution in [-0.4, -0.2) is 35.2 Å². The summed E-state index contributed by atoms with van der Waals surface area (Å²) >= 11 is 0. The maximum absolute atomic E-state index is 12.8. The van der Waals surface area contributed by atoms with E-state index in [2.05, 4.69) is 4.99 Å². The highest BCUT2D eigenvalue weighted by atomic mass is 19.4. The number of carbonyl (C=O) groups is 1. The van der Waals surface area contributed by atoms with E-state index in [1.165, 1.54) is 12.1 Å². The molecule has 1 unspecified atom stereocenters. The lowest BCUT2D eigenvalue weighted by molar-refractivity contribution is -0.188. The Morgan fingerprint density at radius 1 is 1.33 bits per heavy atom. The van der Waals surface area contributed by atoms with E-state index in [4.69, 9.17) is 4.74 Å². The van der Waals surface area contributed by atoms with Crippen LogP contribution in [-0.2, 0) is 16.0 Å². The molecule has 5 nitrogen and oxygen atoms in total. The Morgan fingerprint density at radius 3 is 2.54 bits per heavy atom. The molecule has 0 fully saturated rings. The van der Waals surface area contributed by atoms with Gasteiger partial charge in [0.25, 0.3) is 0 Å². The van der Waals surface area contributed by atoms with Crippen molar-refractivity contribution in [1.82, 2.24) is 4.90 Å². The lowest BCUT2D eigenvalue weighted by atomic mass is 9.95. The maximum atomic E-state index is 12.8. The van der Waals surface area contributed by atoms with Crippen LogP contribution in [0.25, 0.3) is 0 Å². The van der Waals surface area contributed by atoms with Gasteiger partial charge in [0.1, 0.15) is 11.4 Å². The van der Waals surface area contributed by atoms with E-state index in [1.54, 1.807) is 12.1 Å². The van der Waals surface area contributed by atoms with Gasteiger partial charge in [-0.15, -0.1) is 0 Å². The van der Waals surface area contributed by atoms with Gasteiger partial charge in [0, 0.05) is 17.7 Å². The van der Waals surface area contributed by atoms with Crippen molar-refractivity contribution in [2.45, 2.75) is 45.1 Å². The van der Waals surface area contributed by atoms with Gasteiger partial charge in [-0.25, -0.2) is 4.79 Å². The van der Waals surface area contributed by atoms with Gasteiger partial charge in [0.2, 0.25) is 6.08 Å². The minimum absolute atomic E-state index is 0.175. The second kappa shape index (κ2) is 6.28. The number of benzene rings is 1. The van der Waals surface area contributed by atoms with Crippen LogP contribution in [0.3, 0.4) is 0 Å². The lowest BCUT2D eigenvalue weighted by Crippen LogP contribution is -2.46. The normalized spacial score (nSPS) is 17.8. The van der Waals surface area contributed by atoms with Crippen molar-refractivity contribution in [2.24, 2.45) is 4.99 Å². The van der Waals surface area contributed by atoms with Crippen LogP contribution in [0, 0.1) is 0 Å². The summed E-state index contributed by atoms with van der Waals surface area (Å²) in [4.78, 5) is 26.2. The van der Waals surface area contributed by atoms with Gasteiger partial charge in [0.05, 0.1) is 0 Å². The van der Waals surface area contributed by atoms with Crippen LogP contribution in [0.15, 0.2) is 23.2 Å². The van der Waals surface area contributed by atoms with Crippen molar-refractivity contribution < 1.29 is 27.5 Å². The minimum Gasteiger partial charge on any atom is -0.488 e. The summed E-state index contributed by atoms with van der Waals surface area (Å²) in [6, 6.07) is 4.83. The number of hydrogen-bond acceptors (Lipinski definition) is 4. The molecule has 0 N–H and O–H groups in total. The molecule has 1 aliphatic rings. The van der Waals surface area contributed by atoms with Gasteiger partial charge in [-0.05, 0) is 33.3 Å². The molecule has 0 spiro atoms. The molecule has 0 aromatic heterocycles. The largest absolute Gasteiger partial charge is 0.488 e. The van der Waals surface area contributed by atoms with Gasteiger partial charge in [-0.1, -0.05) is 12.1 Å². The van der Waals surface area contributed by atoms with Gasteiger partial charge < -0.3 is 9.64 Å². The first kappa shape index (κ1) is 18.0. The molecule has 24 heavy (non-hydrogen) atoms. The van der Waals surface area contributed by atoms with Gasteiger partial charge >= 0.3 is 12.1 Å². The number of aliphatic imine (C=N–C) groups is 1. The average molecular weight is 342 g/mol. The topological polar surface area (TPSA) is 59.0 Å². The minimum atomic E-state index is -5.03. The van der Waals surface area contributed by atoms with Gasteiger partial charge in [-0.2, -0.15) is 18.2 Å². The summed E-state index contributed by atoms with van der Waals surface area (Å²) in [6.07, 6.45) is -4.96. The van der Waals surface area contributed by atoms with E-state index >= 15 is 0 Å². The molecule has 0 saturated heterocycles. The van der Waals surface area contributed by atoms with Crippen LogP contribution in [0.2, 0.25) is 0 Å². The van der Waals surface area contributed by atoms with Crippen molar-refractivity contribution >= 4 is 12.0 Å². The van der Waals surface area contributed by atoms with Crippen LogP contribution in [0.5, 0.6) is 5.75 Å². The van der Waals surface area contributed by atoms with Crippen molar-refractivity contribution in [3.8, 4) is 5.75 Å². The number of fused-ring (bicyclic) bond motifs is 1. The van der Waals surface area contributed by atoms with E-state index in [9.17, 15) is 22.8 Å². The highest BCUT2D eigenvalue weighted by Gasteiger charge is 2.46. The third-order valence-electron chi connectivity index (χ3n) is 3.44. The number of alkyl halides is 3. The first-order valence-corrected chi connectivity index (χ1v) is 7.30. The third-order valence-corrected chi connectivity index (χ3v) is 3.44. The molecule has 0 aliphatic carbocycles. The Bertz CT molecular complexity index is 689. The number of amides is 1. The average Bonchev–Trinajstić information content (AvgIpc) is 2.45. The molecule has 1 aromatic carbocycles. The number of isocyanates is 1. The number of nitrogens with zero attached hydrogens (tertiary/aromatic N) is 2. The monoisotopic (exact) mass is 342 g/mol. The molecular weight excluding hydrogens is 325 g/mol. The Balaban J connectivity index is 2.48. The Kier molecular flexibility index (Phi) is 4.71. The number of halogens is 3. The van der Waals surface area contributed by atoms with Crippen LogP contribution < -0.4 is 4.74 Å². The Morgan fingerprint density at radius 2 is 2.00 bits per heavy atom. The van der Waals surface area contributed by atoms with Gasteiger partial charge in [-0.3, -0.25) is 4.79 Å². The zero-order valence-electron chi connectivity index (χ0n) is 13.5. The molecule has 1 heterocycles. The van der Waals surface area contributed by atoms with Crippen molar-refractivity contribution in [3.05, 3.63) is 29.3 Å². The molecular formula is C16H17F3N2O3. The molecule has 1 atom stereocenters.